The lowest BCUT2D eigenvalue weighted by Gasteiger charge is -2.02. The van der Waals surface area contributed by atoms with E-state index < -0.39 is 0 Å². The molecule has 1 aromatic carbocycles. The highest BCUT2D eigenvalue weighted by atomic mass is 32.1. The topological polar surface area (TPSA) is 0 Å². The molecule has 0 N–H and O–H groups in total. The molecule has 0 spiro atoms. The number of hydrogen-bond acceptors (Lipinski definition) is 2. The Morgan fingerprint density at radius 3 is 1.33 bits per heavy atom. The maximum Gasteiger partial charge on any atom is -0.00175 e. The average Bonchev–Trinajstić information content (AvgIpc) is 3.05. The quantitative estimate of drug-likeness (QED) is 0.626. The molecule has 90 valence electrons. The molecule has 0 aliphatic heterocycles. The SMILES string of the molecule is c1cc(Cc2ccc(Cc3ccsc3)cc2)cs1. The third-order valence-electron chi connectivity index (χ3n) is 3.00. The number of thiophene rings is 2. The fourth-order valence-corrected chi connectivity index (χ4v) is 3.37. The summed E-state index contributed by atoms with van der Waals surface area (Å²) >= 11 is 3.53. The summed E-state index contributed by atoms with van der Waals surface area (Å²) in [7, 11) is 0. The van der Waals surface area contributed by atoms with Gasteiger partial charge in [-0.1, -0.05) is 24.3 Å². The van der Waals surface area contributed by atoms with Crippen molar-refractivity contribution in [1.82, 2.24) is 0 Å². The third kappa shape index (κ3) is 2.89. The van der Waals surface area contributed by atoms with E-state index in [0.717, 1.165) is 12.8 Å². The second-order valence-corrected chi connectivity index (χ2v) is 5.99. The molecule has 0 bridgehead atoms. The smallest absolute Gasteiger partial charge is 0.00175 e. The molecule has 2 heteroatoms. The molecule has 0 amide bonds. The van der Waals surface area contributed by atoms with Crippen molar-refractivity contribution in [3.8, 4) is 0 Å². The highest BCUT2D eigenvalue weighted by molar-refractivity contribution is 7.08. The van der Waals surface area contributed by atoms with Gasteiger partial charge in [0, 0.05) is 0 Å². The highest BCUT2D eigenvalue weighted by Gasteiger charge is 1.99. The zero-order valence-corrected chi connectivity index (χ0v) is 11.6. The molecule has 0 saturated heterocycles. The Morgan fingerprint density at radius 1 is 0.556 bits per heavy atom. The Kier molecular flexibility index (Phi) is 3.58. The van der Waals surface area contributed by atoms with Gasteiger partial charge in [0.05, 0.1) is 0 Å². The first-order valence-corrected chi connectivity index (χ1v) is 7.89. The number of rotatable bonds is 4. The second-order valence-electron chi connectivity index (χ2n) is 4.43. The Morgan fingerprint density at radius 2 is 1.00 bits per heavy atom. The van der Waals surface area contributed by atoms with Gasteiger partial charge in [0.2, 0.25) is 0 Å². The van der Waals surface area contributed by atoms with Gasteiger partial charge in [-0.25, -0.2) is 0 Å². The first-order chi connectivity index (χ1) is 8.90. The van der Waals surface area contributed by atoms with Crippen LogP contribution >= 0.6 is 22.7 Å². The number of benzene rings is 1. The zero-order chi connectivity index (χ0) is 12.2. The maximum absolute atomic E-state index is 2.25. The van der Waals surface area contributed by atoms with E-state index in [1.807, 2.05) is 0 Å². The van der Waals surface area contributed by atoms with Crippen LogP contribution in [0.3, 0.4) is 0 Å². The van der Waals surface area contributed by atoms with Gasteiger partial charge in [-0.15, -0.1) is 0 Å². The molecule has 0 unspecified atom stereocenters. The first kappa shape index (κ1) is 11.7. The first-order valence-electron chi connectivity index (χ1n) is 6.00. The predicted octanol–water partition coefficient (Wildman–Crippen LogP) is 4.99. The van der Waals surface area contributed by atoms with Crippen molar-refractivity contribution in [2.45, 2.75) is 12.8 Å². The van der Waals surface area contributed by atoms with Crippen molar-refractivity contribution in [2.75, 3.05) is 0 Å². The predicted molar refractivity (Wildman–Crippen MR) is 80.7 cm³/mol. The van der Waals surface area contributed by atoms with E-state index in [1.54, 1.807) is 22.7 Å². The Bertz CT molecular complexity index is 519. The molecular formula is C16H14S2. The normalized spacial score (nSPS) is 10.7. The van der Waals surface area contributed by atoms with Crippen molar-refractivity contribution >= 4 is 22.7 Å². The van der Waals surface area contributed by atoms with Crippen LogP contribution in [-0.2, 0) is 12.8 Å². The van der Waals surface area contributed by atoms with Crippen LogP contribution in [0.15, 0.2) is 57.9 Å². The van der Waals surface area contributed by atoms with Crippen molar-refractivity contribution in [1.29, 1.82) is 0 Å². The Hall–Kier alpha value is -1.38. The lowest BCUT2D eigenvalue weighted by molar-refractivity contribution is 1.16. The van der Waals surface area contributed by atoms with Crippen LogP contribution < -0.4 is 0 Å². The summed E-state index contributed by atoms with van der Waals surface area (Å²) in [5.74, 6) is 0. The molecule has 0 saturated carbocycles. The van der Waals surface area contributed by atoms with Crippen LogP contribution in [0, 0.1) is 0 Å². The number of hydrogen-bond donors (Lipinski definition) is 0. The molecule has 0 fully saturated rings. The molecule has 2 aromatic heterocycles. The van der Waals surface area contributed by atoms with Crippen molar-refractivity contribution in [2.24, 2.45) is 0 Å². The fraction of sp³-hybridized carbons (Fsp3) is 0.125. The molecule has 18 heavy (non-hydrogen) atoms. The fourth-order valence-electron chi connectivity index (χ4n) is 2.03. The molecule has 0 radical (unpaired) electrons. The van der Waals surface area contributed by atoms with E-state index in [0.29, 0.717) is 0 Å². The van der Waals surface area contributed by atoms with Gasteiger partial charge in [0.25, 0.3) is 0 Å². The summed E-state index contributed by atoms with van der Waals surface area (Å²) in [5, 5.41) is 8.72. The van der Waals surface area contributed by atoms with Crippen LogP contribution in [0.4, 0.5) is 0 Å². The minimum atomic E-state index is 1.04. The molecular weight excluding hydrogens is 256 g/mol. The zero-order valence-electron chi connectivity index (χ0n) is 10.0. The molecule has 2 heterocycles. The van der Waals surface area contributed by atoms with E-state index in [1.165, 1.54) is 22.3 Å². The molecule has 0 atom stereocenters. The van der Waals surface area contributed by atoms with E-state index >= 15 is 0 Å². The summed E-state index contributed by atoms with van der Waals surface area (Å²) in [4.78, 5) is 0. The van der Waals surface area contributed by atoms with Crippen LogP contribution in [-0.4, -0.2) is 0 Å². The van der Waals surface area contributed by atoms with Crippen LogP contribution in [0.25, 0.3) is 0 Å². The molecule has 0 aliphatic carbocycles. The largest absolute Gasteiger partial charge is 0.152 e. The van der Waals surface area contributed by atoms with Crippen molar-refractivity contribution in [3.05, 3.63) is 80.2 Å². The summed E-state index contributed by atoms with van der Waals surface area (Å²) in [5.41, 5.74) is 5.60. The van der Waals surface area contributed by atoms with E-state index in [9.17, 15) is 0 Å². The van der Waals surface area contributed by atoms with Crippen molar-refractivity contribution in [3.63, 3.8) is 0 Å². The summed E-state index contributed by atoms with van der Waals surface area (Å²) in [6, 6.07) is 13.4. The van der Waals surface area contributed by atoms with Gasteiger partial charge in [0.1, 0.15) is 0 Å². The summed E-state index contributed by atoms with van der Waals surface area (Å²) < 4.78 is 0. The summed E-state index contributed by atoms with van der Waals surface area (Å²) in [6.45, 7) is 0. The van der Waals surface area contributed by atoms with E-state index in [4.69, 9.17) is 0 Å². The monoisotopic (exact) mass is 270 g/mol. The van der Waals surface area contributed by atoms with Gasteiger partial charge in [-0.3, -0.25) is 0 Å². The van der Waals surface area contributed by atoms with Crippen LogP contribution in [0.5, 0.6) is 0 Å². The van der Waals surface area contributed by atoms with Gasteiger partial charge < -0.3 is 0 Å². The Labute approximate surface area is 116 Å². The highest BCUT2D eigenvalue weighted by Crippen LogP contribution is 2.16. The minimum absolute atomic E-state index is 1.04. The van der Waals surface area contributed by atoms with Gasteiger partial charge in [-0.2, -0.15) is 22.7 Å². The average molecular weight is 270 g/mol. The van der Waals surface area contributed by atoms with E-state index in [-0.39, 0.29) is 0 Å². The van der Waals surface area contributed by atoms with E-state index in [2.05, 4.69) is 57.9 Å². The molecule has 0 aliphatic rings. The molecule has 0 nitrogen and oxygen atoms in total. The van der Waals surface area contributed by atoms with Gasteiger partial charge >= 0.3 is 0 Å². The Balaban J connectivity index is 1.69. The lowest BCUT2D eigenvalue weighted by Crippen LogP contribution is -1.89. The van der Waals surface area contributed by atoms with Crippen LogP contribution in [0.2, 0.25) is 0 Å². The standard InChI is InChI=1S/C16H14S2/c1-2-14(10-16-6-8-18-12-16)4-3-13(1)9-15-5-7-17-11-15/h1-8,11-12H,9-10H2. The summed E-state index contributed by atoms with van der Waals surface area (Å²) in [6.07, 6.45) is 2.09. The van der Waals surface area contributed by atoms with Gasteiger partial charge in [0.15, 0.2) is 0 Å². The minimum Gasteiger partial charge on any atom is -0.152 e. The van der Waals surface area contributed by atoms with Crippen LogP contribution in [0.1, 0.15) is 22.3 Å². The second kappa shape index (κ2) is 5.51. The third-order valence-corrected chi connectivity index (χ3v) is 4.46. The van der Waals surface area contributed by atoms with Crippen molar-refractivity contribution < 1.29 is 0 Å². The lowest BCUT2D eigenvalue weighted by atomic mass is 10.0. The molecule has 3 aromatic rings. The molecule has 3 rings (SSSR count). The maximum atomic E-state index is 2.25. The van der Waals surface area contributed by atoms with Gasteiger partial charge in [-0.05, 0) is 68.7 Å².